The molecule has 0 aliphatic carbocycles. The summed E-state index contributed by atoms with van der Waals surface area (Å²) in [4.78, 5) is 0. The van der Waals surface area contributed by atoms with Gasteiger partial charge in [-0.05, 0) is 11.3 Å². The van der Waals surface area contributed by atoms with Crippen molar-refractivity contribution in [3.05, 3.63) is 18.2 Å². The molecule has 0 heterocycles. The van der Waals surface area contributed by atoms with Crippen LogP contribution in [0.5, 0.6) is 0 Å². The van der Waals surface area contributed by atoms with E-state index in [4.69, 9.17) is 5.73 Å². The normalized spacial score (nSPS) is 12.9. The average molecular weight is 237 g/mol. The first-order valence-electron chi connectivity index (χ1n) is 5.53. The molecule has 3 heteroatoms. The zero-order valence-electron chi connectivity index (χ0n) is 10.8. The van der Waals surface area contributed by atoms with Gasteiger partial charge in [-0.25, -0.2) is 0 Å². The van der Waals surface area contributed by atoms with Gasteiger partial charge in [-0.3, -0.25) is 0 Å². The summed E-state index contributed by atoms with van der Waals surface area (Å²) in [6, 6.07) is 6.68. The Morgan fingerprint density at radius 3 is 1.80 bits per heavy atom. The molecule has 0 aromatic heterocycles. The second-order valence-corrected chi connectivity index (χ2v) is 16.4. The Hall–Kier alpha value is -0.546. The van der Waals surface area contributed by atoms with Crippen molar-refractivity contribution in [2.75, 3.05) is 5.73 Å². The highest BCUT2D eigenvalue weighted by molar-refractivity contribution is 6.92. The summed E-state index contributed by atoms with van der Waals surface area (Å²) < 4.78 is 0. The maximum atomic E-state index is 6.07. The van der Waals surface area contributed by atoms with Crippen LogP contribution in [-0.4, -0.2) is 16.1 Å². The van der Waals surface area contributed by atoms with Gasteiger partial charge in [0.2, 0.25) is 0 Å². The Kier molecular flexibility index (Phi) is 3.17. The van der Waals surface area contributed by atoms with Crippen molar-refractivity contribution >= 4 is 32.2 Å². The molecule has 0 unspecified atom stereocenters. The predicted octanol–water partition coefficient (Wildman–Crippen LogP) is 2.36. The van der Waals surface area contributed by atoms with E-state index in [2.05, 4.69) is 57.5 Å². The van der Waals surface area contributed by atoms with Gasteiger partial charge in [0.1, 0.15) is 0 Å². The minimum atomic E-state index is -1.29. The van der Waals surface area contributed by atoms with E-state index in [-0.39, 0.29) is 0 Å². The molecule has 1 nitrogen and oxygen atoms in total. The summed E-state index contributed by atoms with van der Waals surface area (Å²) in [5, 5.41) is 2.94. The van der Waals surface area contributed by atoms with Crippen LogP contribution in [0.2, 0.25) is 39.3 Å². The van der Waals surface area contributed by atoms with Gasteiger partial charge in [0.25, 0.3) is 0 Å². The summed E-state index contributed by atoms with van der Waals surface area (Å²) in [6.07, 6.45) is 0. The lowest BCUT2D eigenvalue weighted by Gasteiger charge is -2.24. The number of nitrogens with two attached hydrogens (primary N) is 1. The van der Waals surface area contributed by atoms with Crippen molar-refractivity contribution in [3.8, 4) is 0 Å². The molecule has 0 radical (unpaired) electrons. The smallest absolute Gasteiger partial charge is 0.0802 e. The molecule has 0 saturated carbocycles. The highest BCUT2D eigenvalue weighted by Crippen LogP contribution is 2.10. The summed E-state index contributed by atoms with van der Waals surface area (Å²) in [6.45, 7) is 14.2. The highest BCUT2D eigenvalue weighted by atomic mass is 28.3. The first kappa shape index (κ1) is 12.5. The molecule has 0 spiro atoms. The Bertz CT molecular complexity index is 359. The van der Waals surface area contributed by atoms with Crippen molar-refractivity contribution in [1.82, 2.24) is 0 Å². The lowest BCUT2D eigenvalue weighted by atomic mass is 10.3. The second-order valence-electron chi connectivity index (χ2n) is 6.30. The monoisotopic (exact) mass is 237 g/mol. The molecule has 0 amide bonds. The van der Waals surface area contributed by atoms with E-state index >= 15 is 0 Å². The van der Waals surface area contributed by atoms with Crippen LogP contribution in [0.3, 0.4) is 0 Å². The van der Waals surface area contributed by atoms with E-state index in [0.717, 1.165) is 5.69 Å². The van der Waals surface area contributed by atoms with Crippen LogP contribution in [0.1, 0.15) is 0 Å². The zero-order valence-corrected chi connectivity index (χ0v) is 12.8. The lowest BCUT2D eigenvalue weighted by Crippen LogP contribution is -2.46. The SMILES string of the molecule is C[Si](C)(C)c1ccc(N)c([Si](C)(C)C)c1. The van der Waals surface area contributed by atoms with Crippen molar-refractivity contribution in [2.45, 2.75) is 39.3 Å². The van der Waals surface area contributed by atoms with Gasteiger partial charge in [-0.2, -0.15) is 0 Å². The van der Waals surface area contributed by atoms with E-state index < -0.39 is 16.1 Å². The van der Waals surface area contributed by atoms with Crippen LogP contribution < -0.4 is 16.1 Å². The molecule has 0 aliphatic rings. The van der Waals surface area contributed by atoms with Crippen LogP contribution in [0.4, 0.5) is 5.69 Å². The zero-order chi connectivity index (χ0) is 11.9. The van der Waals surface area contributed by atoms with Crippen molar-refractivity contribution < 1.29 is 0 Å². The molecule has 0 saturated heterocycles. The second kappa shape index (κ2) is 3.79. The maximum absolute atomic E-state index is 6.07. The molecule has 84 valence electrons. The molecule has 0 atom stereocenters. The molecule has 1 aromatic rings. The highest BCUT2D eigenvalue weighted by Gasteiger charge is 2.23. The summed E-state index contributed by atoms with van der Waals surface area (Å²) in [5.74, 6) is 0. The van der Waals surface area contributed by atoms with Crippen LogP contribution in [-0.2, 0) is 0 Å². The molecule has 1 rings (SSSR count). The first-order chi connectivity index (χ1) is 6.62. The van der Waals surface area contributed by atoms with Gasteiger partial charge >= 0.3 is 0 Å². The van der Waals surface area contributed by atoms with Gasteiger partial charge in [-0.15, -0.1) is 0 Å². The fraction of sp³-hybridized carbons (Fsp3) is 0.500. The molecule has 0 aliphatic heterocycles. The van der Waals surface area contributed by atoms with Crippen molar-refractivity contribution in [1.29, 1.82) is 0 Å². The predicted molar refractivity (Wildman–Crippen MR) is 76.8 cm³/mol. The molecular formula is C12H23NSi2. The number of rotatable bonds is 2. The first-order valence-corrected chi connectivity index (χ1v) is 12.5. The Morgan fingerprint density at radius 2 is 1.40 bits per heavy atom. The van der Waals surface area contributed by atoms with Gasteiger partial charge in [0.05, 0.1) is 16.1 Å². The number of benzene rings is 1. The molecular weight excluding hydrogens is 214 g/mol. The van der Waals surface area contributed by atoms with E-state index in [9.17, 15) is 0 Å². The third-order valence-corrected chi connectivity index (χ3v) is 6.82. The van der Waals surface area contributed by atoms with Crippen molar-refractivity contribution in [2.24, 2.45) is 0 Å². The fourth-order valence-electron chi connectivity index (χ4n) is 1.67. The minimum absolute atomic E-state index is 0.983. The Labute approximate surface area is 95.7 Å². The molecule has 0 fully saturated rings. The Morgan fingerprint density at radius 1 is 0.867 bits per heavy atom. The summed E-state index contributed by atoms with van der Waals surface area (Å²) >= 11 is 0. The minimum Gasteiger partial charge on any atom is -0.399 e. The van der Waals surface area contributed by atoms with Gasteiger partial charge in [-0.1, -0.05) is 56.6 Å². The van der Waals surface area contributed by atoms with Gasteiger partial charge in [0, 0.05) is 5.69 Å². The number of anilines is 1. The molecule has 0 bridgehead atoms. The van der Waals surface area contributed by atoms with E-state index in [1.165, 1.54) is 10.4 Å². The van der Waals surface area contributed by atoms with Gasteiger partial charge < -0.3 is 5.73 Å². The largest absolute Gasteiger partial charge is 0.399 e. The number of nitrogen functional groups attached to an aromatic ring is 1. The van der Waals surface area contributed by atoms with E-state index in [1.54, 1.807) is 0 Å². The molecule has 15 heavy (non-hydrogen) atoms. The van der Waals surface area contributed by atoms with Crippen LogP contribution in [0.15, 0.2) is 18.2 Å². The third kappa shape index (κ3) is 2.95. The van der Waals surface area contributed by atoms with E-state index in [1.807, 2.05) is 0 Å². The number of hydrogen-bond acceptors (Lipinski definition) is 1. The topological polar surface area (TPSA) is 26.0 Å². The summed E-state index contributed by atoms with van der Waals surface area (Å²) in [7, 11) is -2.49. The van der Waals surface area contributed by atoms with Crippen LogP contribution in [0, 0.1) is 0 Å². The molecule has 1 aromatic carbocycles. The van der Waals surface area contributed by atoms with E-state index in [0.29, 0.717) is 0 Å². The number of hydrogen-bond donors (Lipinski definition) is 1. The van der Waals surface area contributed by atoms with Crippen LogP contribution >= 0.6 is 0 Å². The lowest BCUT2D eigenvalue weighted by molar-refractivity contribution is 1.65. The third-order valence-electron chi connectivity index (χ3n) is 2.73. The van der Waals surface area contributed by atoms with Crippen molar-refractivity contribution in [3.63, 3.8) is 0 Å². The standard InChI is InChI=1S/C12H23NSi2/c1-14(2,3)10-7-8-11(13)12(9-10)15(4,5)6/h7-9H,13H2,1-6H3. The fourth-order valence-corrected chi connectivity index (χ4v) is 4.52. The average Bonchev–Trinajstić information content (AvgIpc) is 2.00. The van der Waals surface area contributed by atoms with Gasteiger partial charge in [0.15, 0.2) is 0 Å². The summed E-state index contributed by atoms with van der Waals surface area (Å²) in [5.41, 5.74) is 7.05. The molecule has 2 N–H and O–H groups in total. The quantitative estimate of drug-likeness (QED) is 0.620. The maximum Gasteiger partial charge on any atom is 0.0802 e. The van der Waals surface area contributed by atoms with Crippen LogP contribution in [0.25, 0.3) is 0 Å². The Balaban J connectivity index is 3.30.